The maximum absolute atomic E-state index is 5.30. The van der Waals surface area contributed by atoms with E-state index < -0.39 is 0 Å². The Hall–Kier alpha value is -1.39. The van der Waals surface area contributed by atoms with Crippen molar-refractivity contribution in [3.8, 4) is 16.3 Å². The minimum Gasteiger partial charge on any atom is -0.497 e. The van der Waals surface area contributed by atoms with Crippen LogP contribution >= 0.6 is 11.3 Å². The van der Waals surface area contributed by atoms with Crippen LogP contribution in [0.5, 0.6) is 5.75 Å². The first-order chi connectivity index (χ1) is 10.3. The average Bonchev–Trinajstić information content (AvgIpc) is 2.91. The van der Waals surface area contributed by atoms with Gasteiger partial charge in [-0.3, -0.25) is 0 Å². The molecule has 114 valence electrons. The highest BCUT2D eigenvalue weighted by atomic mass is 32.1. The Morgan fingerprint density at radius 3 is 2.81 bits per heavy atom. The van der Waals surface area contributed by atoms with Crippen LogP contribution in [0, 0.1) is 0 Å². The molecule has 0 radical (unpaired) electrons. The van der Waals surface area contributed by atoms with Crippen LogP contribution in [0.3, 0.4) is 0 Å². The van der Waals surface area contributed by atoms with E-state index in [0.29, 0.717) is 0 Å². The fourth-order valence-electron chi connectivity index (χ4n) is 2.21. The number of thiazole rings is 1. The van der Waals surface area contributed by atoms with Crippen LogP contribution in [-0.2, 0) is 13.0 Å². The molecule has 0 aliphatic rings. The quantitative estimate of drug-likeness (QED) is 0.740. The Morgan fingerprint density at radius 1 is 1.24 bits per heavy atom. The Balaban J connectivity index is 2.24. The second kappa shape index (κ2) is 8.15. The fraction of sp³-hybridized carbons (Fsp3) is 0.471. The van der Waals surface area contributed by atoms with E-state index in [4.69, 9.17) is 9.72 Å². The van der Waals surface area contributed by atoms with Crippen LogP contribution in [0.2, 0.25) is 0 Å². The maximum atomic E-state index is 5.30. The van der Waals surface area contributed by atoms with E-state index in [9.17, 15) is 0 Å². The monoisotopic (exact) mass is 304 g/mol. The second-order valence-electron chi connectivity index (χ2n) is 5.05. The summed E-state index contributed by atoms with van der Waals surface area (Å²) in [5.74, 6) is 0.880. The van der Waals surface area contributed by atoms with Crippen molar-refractivity contribution in [1.82, 2.24) is 10.3 Å². The van der Waals surface area contributed by atoms with Crippen LogP contribution in [0.4, 0.5) is 0 Å². The molecule has 1 heterocycles. The Bertz CT molecular complexity index is 566. The average molecular weight is 304 g/mol. The summed E-state index contributed by atoms with van der Waals surface area (Å²) in [7, 11) is 1.70. The molecule has 0 spiro atoms. The van der Waals surface area contributed by atoms with Gasteiger partial charge < -0.3 is 10.1 Å². The van der Waals surface area contributed by atoms with Gasteiger partial charge in [-0.2, -0.15) is 0 Å². The molecule has 4 heteroatoms. The minimum absolute atomic E-state index is 0.880. The molecule has 21 heavy (non-hydrogen) atoms. The molecule has 1 aromatic heterocycles. The zero-order valence-corrected chi connectivity index (χ0v) is 13.9. The lowest BCUT2D eigenvalue weighted by Gasteiger charge is -2.02. The van der Waals surface area contributed by atoms with Crippen molar-refractivity contribution in [2.45, 2.75) is 39.7 Å². The van der Waals surface area contributed by atoms with E-state index in [0.717, 1.165) is 48.7 Å². The standard InChI is InChI=1S/C17H24N2OS/c1-4-7-15-16(12-18-10-5-2)21-17(19-15)13-8-6-9-14(11-13)20-3/h6,8-9,11,18H,4-5,7,10,12H2,1-3H3. The lowest BCUT2D eigenvalue weighted by atomic mass is 10.2. The van der Waals surface area contributed by atoms with Crippen LogP contribution < -0.4 is 10.1 Å². The van der Waals surface area contributed by atoms with Crippen LogP contribution in [0.15, 0.2) is 24.3 Å². The Labute approximate surface area is 131 Å². The zero-order chi connectivity index (χ0) is 15.1. The van der Waals surface area contributed by atoms with Gasteiger partial charge in [0.25, 0.3) is 0 Å². The van der Waals surface area contributed by atoms with Crippen LogP contribution in [0.25, 0.3) is 10.6 Å². The lowest BCUT2D eigenvalue weighted by Crippen LogP contribution is -2.13. The Morgan fingerprint density at radius 2 is 2.10 bits per heavy atom. The van der Waals surface area contributed by atoms with Crippen molar-refractivity contribution in [2.75, 3.05) is 13.7 Å². The number of ether oxygens (including phenoxy) is 1. The summed E-state index contributed by atoms with van der Waals surface area (Å²) in [4.78, 5) is 6.21. The van der Waals surface area contributed by atoms with Gasteiger partial charge in [-0.15, -0.1) is 11.3 Å². The first-order valence-electron chi connectivity index (χ1n) is 7.62. The first kappa shape index (κ1) is 16.0. The van der Waals surface area contributed by atoms with Gasteiger partial charge in [0, 0.05) is 17.0 Å². The summed E-state index contributed by atoms with van der Waals surface area (Å²) >= 11 is 1.79. The molecule has 0 saturated carbocycles. The summed E-state index contributed by atoms with van der Waals surface area (Å²) in [6, 6.07) is 8.13. The van der Waals surface area contributed by atoms with Gasteiger partial charge in [-0.1, -0.05) is 32.4 Å². The summed E-state index contributed by atoms with van der Waals surface area (Å²) in [6.45, 7) is 6.37. The van der Waals surface area contributed by atoms with E-state index in [1.165, 1.54) is 10.6 Å². The molecule has 0 atom stereocenters. The van der Waals surface area contributed by atoms with Crippen molar-refractivity contribution in [1.29, 1.82) is 0 Å². The number of nitrogens with one attached hydrogen (secondary N) is 1. The highest BCUT2D eigenvalue weighted by Crippen LogP contribution is 2.30. The van der Waals surface area contributed by atoms with Gasteiger partial charge in [-0.05, 0) is 31.5 Å². The molecule has 0 unspecified atom stereocenters. The van der Waals surface area contributed by atoms with Gasteiger partial charge in [0.15, 0.2) is 0 Å². The number of nitrogens with zero attached hydrogens (tertiary/aromatic N) is 1. The van der Waals surface area contributed by atoms with Gasteiger partial charge in [-0.25, -0.2) is 4.98 Å². The molecular weight excluding hydrogens is 280 g/mol. The number of rotatable bonds is 8. The van der Waals surface area contributed by atoms with E-state index >= 15 is 0 Å². The SMILES string of the molecule is CCCNCc1sc(-c2cccc(OC)c2)nc1CCC. The van der Waals surface area contributed by atoms with E-state index in [1.807, 2.05) is 12.1 Å². The molecule has 0 amide bonds. The number of hydrogen-bond donors (Lipinski definition) is 1. The van der Waals surface area contributed by atoms with Crippen molar-refractivity contribution in [2.24, 2.45) is 0 Å². The number of hydrogen-bond acceptors (Lipinski definition) is 4. The third-order valence-corrected chi connectivity index (χ3v) is 4.44. The Kier molecular flexibility index (Phi) is 6.21. The molecule has 0 aliphatic heterocycles. The number of aryl methyl sites for hydroxylation is 1. The maximum Gasteiger partial charge on any atom is 0.124 e. The van der Waals surface area contributed by atoms with Crippen LogP contribution in [-0.4, -0.2) is 18.6 Å². The number of aromatic nitrogens is 1. The molecule has 0 aliphatic carbocycles. The smallest absolute Gasteiger partial charge is 0.124 e. The fourth-order valence-corrected chi connectivity index (χ4v) is 3.29. The molecule has 3 nitrogen and oxygen atoms in total. The zero-order valence-electron chi connectivity index (χ0n) is 13.1. The molecule has 0 bridgehead atoms. The third kappa shape index (κ3) is 4.29. The van der Waals surface area contributed by atoms with Gasteiger partial charge in [0.2, 0.25) is 0 Å². The number of benzene rings is 1. The predicted octanol–water partition coefficient (Wildman–Crippen LogP) is 4.27. The lowest BCUT2D eigenvalue weighted by molar-refractivity contribution is 0.415. The molecule has 0 fully saturated rings. The summed E-state index contributed by atoms with van der Waals surface area (Å²) in [6.07, 6.45) is 3.33. The minimum atomic E-state index is 0.880. The van der Waals surface area contributed by atoms with Crippen molar-refractivity contribution < 1.29 is 4.74 Å². The molecule has 0 saturated heterocycles. The van der Waals surface area contributed by atoms with E-state index in [1.54, 1.807) is 18.4 Å². The third-order valence-electron chi connectivity index (χ3n) is 3.29. The van der Waals surface area contributed by atoms with E-state index in [2.05, 4.69) is 31.3 Å². The highest BCUT2D eigenvalue weighted by Gasteiger charge is 2.12. The summed E-state index contributed by atoms with van der Waals surface area (Å²) in [5.41, 5.74) is 2.38. The topological polar surface area (TPSA) is 34.1 Å². The normalized spacial score (nSPS) is 10.8. The summed E-state index contributed by atoms with van der Waals surface area (Å²) < 4.78 is 5.30. The molecule has 2 rings (SSSR count). The van der Waals surface area contributed by atoms with Crippen molar-refractivity contribution in [3.63, 3.8) is 0 Å². The second-order valence-corrected chi connectivity index (χ2v) is 6.13. The molecule has 1 aromatic carbocycles. The summed E-state index contributed by atoms with van der Waals surface area (Å²) in [5, 5.41) is 4.57. The van der Waals surface area contributed by atoms with Crippen molar-refractivity contribution in [3.05, 3.63) is 34.8 Å². The first-order valence-corrected chi connectivity index (χ1v) is 8.43. The molecular formula is C17H24N2OS. The predicted molar refractivity (Wildman–Crippen MR) is 90.1 cm³/mol. The largest absolute Gasteiger partial charge is 0.497 e. The number of methoxy groups -OCH3 is 1. The molecule has 2 aromatic rings. The van der Waals surface area contributed by atoms with Crippen molar-refractivity contribution >= 4 is 11.3 Å². The highest BCUT2D eigenvalue weighted by molar-refractivity contribution is 7.15. The van der Waals surface area contributed by atoms with Crippen LogP contribution in [0.1, 0.15) is 37.3 Å². The van der Waals surface area contributed by atoms with Gasteiger partial charge >= 0.3 is 0 Å². The van der Waals surface area contributed by atoms with Gasteiger partial charge in [0.05, 0.1) is 12.8 Å². The van der Waals surface area contributed by atoms with Gasteiger partial charge in [0.1, 0.15) is 10.8 Å². The van der Waals surface area contributed by atoms with E-state index in [-0.39, 0.29) is 0 Å². The molecule has 1 N–H and O–H groups in total.